The zero-order chi connectivity index (χ0) is 10.6. The van der Waals surface area contributed by atoms with E-state index in [0.29, 0.717) is 17.0 Å². The Hall–Kier alpha value is -1.08. The van der Waals surface area contributed by atoms with Crippen LogP contribution in [0.2, 0.25) is 5.02 Å². The van der Waals surface area contributed by atoms with E-state index >= 15 is 0 Å². The van der Waals surface area contributed by atoms with Gasteiger partial charge in [0.05, 0.1) is 6.04 Å². The molecule has 1 rings (SSSR count). The molecule has 0 fully saturated rings. The summed E-state index contributed by atoms with van der Waals surface area (Å²) < 4.78 is 13.4. The molecule has 2 nitrogen and oxygen atoms in total. The van der Waals surface area contributed by atoms with Crippen LogP contribution in [0.1, 0.15) is 18.0 Å². The normalized spacial score (nSPS) is 12.1. The molecule has 4 heteroatoms. The molecule has 74 valence electrons. The first-order valence-corrected chi connectivity index (χ1v) is 4.41. The third kappa shape index (κ3) is 2.46. The molecule has 1 aromatic carbocycles. The topological polar surface area (TPSA) is 38.0 Å². The highest BCUT2D eigenvalue weighted by Crippen LogP contribution is 2.22. The molecule has 0 radical (unpaired) electrons. The van der Waals surface area contributed by atoms with Crippen molar-refractivity contribution in [2.75, 3.05) is 0 Å². The molecule has 14 heavy (non-hydrogen) atoms. The molecule has 0 aliphatic rings. The van der Waals surface area contributed by atoms with Crippen LogP contribution in [0, 0.1) is 18.2 Å². The first-order valence-electron chi connectivity index (χ1n) is 4.03. The summed E-state index contributed by atoms with van der Waals surface area (Å²) in [5.74, 6) is 7.26. The quantitative estimate of drug-likeness (QED) is 0.457. The number of hydrogen-bond donors (Lipinski definition) is 2. The maximum absolute atomic E-state index is 13.4. The fourth-order valence-corrected chi connectivity index (χ4v) is 1.32. The number of hydrazine groups is 1. The SMILES string of the molecule is C#CCC(NN)c1ccc(Cl)cc1F. The molecule has 0 spiro atoms. The van der Waals surface area contributed by atoms with Gasteiger partial charge in [-0.2, -0.15) is 0 Å². The molecule has 0 aliphatic carbocycles. The lowest BCUT2D eigenvalue weighted by molar-refractivity contribution is 0.521. The molecule has 0 heterocycles. The van der Waals surface area contributed by atoms with Crippen molar-refractivity contribution in [2.24, 2.45) is 5.84 Å². The Morgan fingerprint density at radius 1 is 1.64 bits per heavy atom. The van der Waals surface area contributed by atoms with E-state index in [2.05, 4.69) is 11.3 Å². The van der Waals surface area contributed by atoms with E-state index < -0.39 is 5.82 Å². The summed E-state index contributed by atoms with van der Waals surface area (Å²) in [6.45, 7) is 0. The summed E-state index contributed by atoms with van der Waals surface area (Å²) in [7, 11) is 0. The lowest BCUT2D eigenvalue weighted by Gasteiger charge is -2.14. The predicted molar refractivity (Wildman–Crippen MR) is 54.9 cm³/mol. The van der Waals surface area contributed by atoms with Gasteiger partial charge in [-0.15, -0.1) is 12.3 Å². The van der Waals surface area contributed by atoms with Gasteiger partial charge in [-0.25, -0.2) is 4.39 Å². The summed E-state index contributed by atoms with van der Waals surface area (Å²) in [6.07, 6.45) is 5.46. The number of hydrogen-bond acceptors (Lipinski definition) is 2. The van der Waals surface area contributed by atoms with Crippen molar-refractivity contribution in [3.63, 3.8) is 0 Å². The Morgan fingerprint density at radius 3 is 2.86 bits per heavy atom. The molecular formula is C10H10ClFN2. The minimum atomic E-state index is -0.407. The van der Waals surface area contributed by atoms with Crippen LogP contribution in [0.5, 0.6) is 0 Å². The van der Waals surface area contributed by atoms with E-state index in [1.807, 2.05) is 0 Å². The van der Waals surface area contributed by atoms with Gasteiger partial charge in [0, 0.05) is 17.0 Å². The summed E-state index contributed by atoms with van der Waals surface area (Å²) in [5, 5.41) is 0.350. The minimum absolute atomic E-state index is 0.328. The van der Waals surface area contributed by atoms with Crippen molar-refractivity contribution in [1.29, 1.82) is 0 Å². The van der Waals surface area contributed by atoms with Gasteiger partial charge in [0.25, 0.3) is 0 Å². The molecule has 0 saturated carbocycles. The van der Waals surface area contributed by atoms with E-state index in [-0.39, 0.29) is 6.04 Å². The van der Waals surface area contributed by atoms with Gasteiger partial charge < -0.3 is 0 Å². The average molecular weight is 213 g/mol. The molecule has 0 saturated heterocycles. The van der Waals surface area contributed by atoms with E-state index in [0.717, 1.165) is 0 Å². The van der Waals surface area contributed by atoms with Gasteiger partial charge in [0.1, 0.15) is 5.82 Å². The highest BCUT2D eigenvalue weighted by atomic mass is 35.5. The molecule has 1 aromatic rings. The Morgan fingerprint density at radius 2 is 2.36 bits per heavy atom. The molecule has 0 aliphatic heterocycles. The summed E-state index contributed by atoms with van der Waals surface area (Å²) in [5.41, 5.74) is 2.88. The summed E-state index contributed by atoms with van der Waals surface area (Å²) in [4.78, 5) is 0. The van der Waals surface area contributed by atoms with Crippen molar-refractivity contribution in [3.05, 3.63) is 34.6 Å². The summed E-state index contributed by atoms with van der Waals surface area (Å²) >= 11 is 5.61. The lowest BCUT2D eigenvalue weighted by atomic mass is 10.0. The third-order valence-corrected chi connectivity index (χ3v) is 2.10. The molecule has 1 unspecified atom stereocenters. The molecule has 1 atom stereocenters. The number of nitrogens with one attached hydrogen (secondary N) is 1. The molecular weight excluding hydrogens is 203 g/mol. The second-order valence-electron chi connectivity index (χ2n) is 2.79. The van der Waals surface area contributed by atoms with Crippen LogP contribution in [0.4, 0.5) is 4.39 Å². The van der Waals surface area contributed by atoms with Gasteiger partial charge in [-0.05, 0) is 12.1 Å². The standard InChI is InChI=1S/C10H10ClFN2/c1-2-3-10(14-13)8-5-4-7(11)6-9(8)12/h1,4-6,10,14H,3,13H2. The van der Waals surface area contributed by atoms with Crippen molar-refractivity contribution < 1.29 is 4.39 Å². The van der Waals surface area contributed by atoms with E-state index in [1.54, 1.807) is 12.1 Å². The second kappa shape index (κ2) is 4.97. The monoisotopic (exact) mass is 212 g/mol. The number of rotatable bonds is 3. The zero-order valence-electron chi connectivity index (χ0n) is 7.43. The number of halogens is 2. The second-order valence-corrected chi connectivity index (χ2v) is 3.23. The Bertz CT molecular complexity index is 360. The largest absolute Gasteiger partial charge is 0.271 e. The zero-order valence-corrected chi connectivity index (χ0v) is 8.18. The Balaban J connectivity index is 2.99. The fourth-order valence-electron chi connectivity index (χ4n) is 1.16. The number of benzene rings is 1. The van der Waals surface area contributed by atoms with Crippen LogP contribution in [-0.4, -0.2) is 0 Å². The van der Waals surface area contributed by atoms with Crippen LogP contribution >= 0.6 is 11.6 Å². The van der Waals surface area contributed by atoms with Gasteiger partial charge >= 0.3 is 0 Å². The maximum Gasteiger partial charge on any atom is 0.129 e. The fraction of sp³-hybridized carbons (Fsp3) is 0.200. The van der Waals surface area contributed by atoms with Crippen molar-refractivity contribution in [3.8, 4) is 12.3 Å². The van der Waals surface area contributed by atoms with Crippen LogP contribution in [0.25, 0.3) is 0 Å². The van der Waals surface area contributed by atoms with Crippen molar-refractivity contribution >= 4 is 11.6 Å². The first kappa shape index (κ1) is 11.0. The molecule has 0 amide bonds. The lowest BCUT2D eigenvalue weighted by Crippen LogP contribution is -2.28. The maximum atomic E-state index is 13.4. The third-order valence-electron chi connectivity index (χ3n) is 1.86. The van der Waals surface area contributed by atoms with Crippen molar-refractivity contribution in [1.82, 2.24) is 5.43 Å². The molecule has 0 aromatic heterocycles. The van der Waals surface area contributed by atoms with Gasteiger partial charge in [0.2, 0.25) is 0 Å². The molecule has 3 N–H and O–H groups in total. The smallest absolute Gasteiger partial charge is 0.129 e. The predicted octanol–water partition coefficient (Wildman–Crippen LogP) is 2.01. The van der Waals surface area contributed by atoms with Crippen molar-refractivity contribution in [2.45, 2.75) is 12.5 Å². The van der Waals surface area contributed by atoms with E-state index in [4.69, 9.17) is 23.9 Å². The van der Waals surface area contributed by atoms with Gasteiger partial charge in [0.15, 0.2) is 0 Å². The van der Waals surface area contributed by atoms with Crippen LogP contribution in [0.15, 0.2) is 18.2 Å². The number of terminal acetylenes is 1. The highest BCUT2D eigenvalue weighted by molar-refractivity contribution is 6.30. The van der Waals surface area contributed by atoms with Gasteiger partial charge in [-0.3, -0.25) is 11.3 Å². The van der Waals surface area contributed by atoms with Gasteiger partial charge in [-0.1, -0.05) is 17.7 Å². The molecule has 0 bridgehead atoms. The first-order chi connectivity index (χ1) is 6.69. The van der Waals surface area contributed by atoms with E-state index in [1.165, 1.54) is 6.07 Å². The Labute approximate surface area is 87.2 Å². The number of nitrogens with two attached hydrogens (primary N) is 1. The van der Waals surface area contributed by atoms with Crippen LogP contribution < -0.4 is 11.3 Å². The average Bonchev–Trinajstić information content (AvgIpc) is 2.15. The van der Waals surface area contributed by atoms with Crippen LogP contribution in [-0.2, 0) is 0 Å². The minimum Gasteiger partial charge on any atom is -0.271 e. The van der Waals surface area contributed by atoms with Crippen LogP contribution in [0.3, 0.4) is 0 Å². The highest BCUT2D eigenvalue weighted by Gasteiger charge is 2.13. The van der Waals surface area contributed by atoms with E-state index in [9.17, 15) is 4.39 Å². The Kier molecular flexibility index (Phi) is 3.90. The summed E-state index contributed by atoms with van der Waals surface area (Å²) in [6, 6.07) is 4.02.